The van der Waals surface area contributed by atoms with Crippen molar-refractivity contribution >= 4 is 12.2 Å². The molecular weight excluding hydrogens is 222 g/mol. The summed E-state index contributed by atoms with van der Waals surface area (Å²) < 4.78 is 4.55. The molecule has 86 valence electrons. The van der Waals surface area contributed by atoms with E-state index < -0.39 is 0 Å². The van der Waals surface area contributed by atoms with E-state index in [4.69, 9.17) is 12.2 Å². The maximum atomic E-state index is 5.22. The van der Waals surface area contributed by atoms with Crippen molar-refractivity contribution in [2.75, 3.05) is 0 Å². The summed E-state index contributed by atoms with van der Waals surface area (Å²) in [7, 11) is 1.93. The Balaban J connectivity index is 2.30. The molecule has 0 aliphatic carbocycles. The molecule has 0 saturated carbocycles. The number of aryl methyl sites for hydroxylation is 2. The lowest BCUT2D eigenvalue weighted by molar-refractivity contribution is 0.635. The van der Waals surface area contributed by atoms with E-state index in [1.54, 1.807) is 6.20 Å². The first-order valence-corrected chi connectivity index (χ1v) is 5.74. The molecule has 16 heavy (non-hydrogen) atoms. The van der Waals surface area contributed by atoms with E-state index in [-0.39, 0.29) is 0 Å². The lowest BCUT2D eigenvalue weighted by Crippen LogP contribution is -2.09. The van der Waals surface area contributed by atoms with Crippen LogP contribution in [0.1, 0.15) is 24.9 Å². The van der Waals surface area contributed by atoms with Crippen LogP contribution in [0.4, 0.5) is 0 Å². The van der Waals surface area contributed by atoms with Crippen molar-refractivity contribution in [1.82, 2.24) is 24.5 Å². The summed E-state index contributed by atoms with van der Waals surface area (Å²) in [6.45, 7) is 2.85. The normalized spacial score (nSPS) is 10.9. The minimum atomic E-state index is 0.671. The highest BCUT2D eigenvalue weighted by Gasteiger charge is 2.07. The maximum absolute atomic E-state index is 5.22. The summed E-state index contributed by atoms with van der Waals surface area (Å²) in [5, 5.41) is 11.2. The molecule has 5 nitrogen and oxygen atoms in total. The minimum absolute atomic E-state index is 0.671. The third-order valence-electron chi connectivity index (χ3n) is 2.55. The van der Waals surface area contributed by atoms with Crippen molar-refractivity contribution in [3.8, 4) is 0 Å². The van der Waals surface area contributed by atoms with Gasteiger partial charge in [0, 0.05) is 19.7 Å². The Hall–Kier alpha value is -1.43. The van der Waals surface area contributed by atoms with Crippen molar-refractivity contribution in [2.45, 2.75) is 26.3 Å². The number of H-pyrrole nitrogens is 1. The molecule has 0 spiro atoms. The standard InChI is InChI=1S/C10H15N5S/c1-3-4-9-12-13-10(16)15(9)7-8-5-6-11-14(8)2/h5-6H,3-4,7H2,1-2H3,(H,13,16). The van der Waals surface area contributed by atoms with Crippen LogP contribution in [0.3, 0.4) is 0 Å². The Bertz CT molecular complexity index is 521. The predicted octanol–water partition coefficient (Wildman–Crippen LogP) is 1.67. The van der Waals surface area contributed by atoms with E-state index in [1.807, 2.05) is 22.4 Å². The van der Waals surface area contributed by atoms with Gasteiger partial charge in [0.25, 0.3) is 0 Å². The van der Waals surface area contributed by atoms with Crippen LogP contribution >= 0.6 is 12.2 Å². The van der Waals surface area contributed by atoms with Gasteiger partial charge in [0.1, 0.15) is 5.82 Å². The molecule has 2 aromatic heterocycles. The Morgan fingerprint density at radius 1 is 1.50 bits per heavy atom. The summed E-state index contributed by atoms with van der Waals surface area (Å²) in [5.41, 5.74) is 1.12. The fraction of sp³-hybridized carbons (Fsp3) is 0.500. The van der Waals surface area contributed by atoms with Crippen LogP contribution in [0, 0.1) is 4.77 Å². The minimum Gasteiger partial charge on any atom is -0.298 e. The van der Waals surface area contributed by atoms with Gasteiger partial charge in [0.15, 0.2) is 4.77 Å². The second-order valence-electron chi connectivity index (χ2n) is 3.73. The molecule has 6 heteroatoms. The van der Waals surface area contributed by atoms with Crippen LogP contribution in [0.15, 0.2) is 12.3 Å². The summed E-state index contributed by atoms with van der Waals surface area (Å²) in [6, 6.07) is 1.99. The topological polar surface area (TPSA) is 51.4 Å². The van der Waals surface area contributed by atoms with Gasteiger partial charge in [-0.25, -0.2) is 0 Å². The van der Waals surface area contributed by atoms with Crippen molar-refractivity contribution in [3.63, 3.8) is 0 Å². The summed E-state index contributed by atoms with van der Waals surface area (Å²) in [6.07, 6.45) is 3.79. The van der Waals surface area contributed by atoms with Crippen LogP contribution in [0.2, 0.25) is 0 Å². The molecule has 0 radical (unpaired) electrons. The summed E-state index contributed by atoms with van der Waals surface area (Å²) in [4.78, 5) is 0. The second kappa shape index (κ2) is 4.61. The van der Waals surface area contributed by atoms with Crippen LogP contribution in [0.25, 0.3) is 0 Å². The zero-order chi connectivity index (χ0) is 11.5. The first kappa shape index (κ1) is 11.1. The van der Waals surface area contributed by atoms with Crippen LogP contribution < -0.4 is 0 Å². The van der Waals surface area contributed by atoms with Crippen molar-refractivity contribution in [2.24, 2.45) is 7.05 Å². The Morgan fingerprint density at radius 3 is 2.94 bits per heavy atom. The zero-order valence-electron chi connectivity index (χ0n) is 9.47. The van der Waals surface area contributed by atoms with Gasteiger partial charge in [-0.15, -0.1) is 0 Å². The largest absolute Gasteiger partial charge is 0.298 e. The molecular formula is C10H15N5S. The number of hydrogen-bond donors (Lipinski definition) is 1. The fourth-order valence-electron chi connectivity index (χ4n) is 1.65. The third-order valence-corrected chi connectivity index (χ3v) is 2.87. The smallest absolute Gasteiger partial charge is 0.195 e. The highest BCUT2D eigenvalue weighted by Crippen LogP contribution is 2.06. The van der Waals surface area contributed by atoms with Crippen molar-refractivity contribution in [1.29, 1.82) is 0 Å². The van der Waals surface area contributed by atoms with Crippen molar-refractivity contribution < 1.29 is 0 Å². The maximum Gasteiger partial charge on any atom is 0.195 e. The molecule has 0 fully saturated rings. The lowest BCUT2D eigenvalue weighted by Gasteiger charge is -2.06. The number of nitrogens with one attached hydrogen (secondary N) is 1. The van der Waals surface area contributed by atoms with E-state index in [9.17, 15) is 0 Å². The molecule has 2 heterocycles. The van der Waals surface area contributed by atoms with E-state index >= 15 is 0 Å². The van der Waals surface area contributed by atoms with Crippen molar-refractivity contribution in [3.05, 3.63) is 28.6 Å². The third kappa shape index (κ3) is 2.06. The predicted molar refractivity (Wildman–Crippen MR) is 63.7 cm³/mol. The highest BCUT2D eigenvalue weighted by atomic mass is 32.1. The average molecular weight is 237 g/mol. The van der Waals surface area contributed by atoms with Gasteiger partial charge in [-0.3, -0.25) is 14.3 Å². The molecule has 0 bridgehead atoms. The van der Waals surface area contributed by atoms with Gasteiger partial charge >= 0.3 is 0 Å². The number of hydrogen-bond acceptors (Lipinski definition) is 3. The average Bonchev–Trinajstić information content (AvgIpc) is 2.80. The van der Waals surface area contributed by atoms with Gasteiger partial charge in [0.2, 0.25) is 0 Å². The van der Waals surface area contributed by atoms with E-state index in [1.165, 1.54) is 0 Å². The lowest BCUT2D eigenvalue weighted by atomic mass is 10.3. The van der Waals surface area contributed by atoms with E-state index in [0.717, 1.165) is 30.9 Å². The Kier molecular flexibility index (Phi) is 3.19. The first-order chi connectivity index (χ1) is 7.72. The number of nitrogens with zero attached hydrogens (tertiary/aromatic N) is 4. The van der Waals surface area contributed by atoms with Gasteiger partial charge in [-0.1, -0.05) is 6.92 Å². The number of aromatic amines is 1. The quantitative estimate of drug-likeness (QED) is 0.823. The van der Waals surface area contributed by atoms with E-state index in [0.29, 0.717) is 4.77 Å². The Labute approximate surface area is 99.1 Å². The Morgan fingerprint density at radius 2 is 2.31 bits per heavy atom. The number of rotatable bonds is 4. The molecule has 0 aromatic carbocycles. The molecule has 0 amide bonds. The summed E-state index contributed by atoms with van der Waals surface area (Å²) in [5.74, 6) is 1.01. The van der Waals surface area contributed by atoms with Gasteiger partial charge < -0.3 is 0 Å². The second-order valence-corrected chi connectivity index (χ2v) is 4.11. The molecule has 2 aromatic rings. The van der Waals surface area contributed by atoms with Gasteiger partial charge in [0.05, 0.1) is 12.2 Å². The van der Waals surface area contributed by atoms with Gasteiger partial charge in [-0.05, 0) is 24.7 Å². The van der Waals surface area contributed by atoms with Crippen LogP contribution in [0.5, 0.6) is 0 Å². The molecule has 0 atom stereocenters. The first-order valence-electron chi connectivity index (χ1n) is 5.33. The molecule has 1 N–H and O–H groups in total. The number of aromatic nitrogens is 5. The fourth-order valence-corrected chi connectivity index (χ4v) is 1.86. The molecule has 0 unspecified atom stereocenters. The molecule has 0 aliphatic rings. The van der Waals surface area contributed by atoms with Gasteiger partial charge in [-0.2, -0.15) is 10.2 Å². The SMILES string of the molecule is CCCc1n[nH]c(=S)n1Cc1ccnn1C. The molecule has 0 saturated heterocycles. The van der Waals surface area contributed by atoms with E-state index in [2.05, 4.69) is 22.2 Å². The van der Waals surface area contributed by atoms with Crippen LogP contribution in [-0.2, 0) is 20.0 Å². The highest BCUT2D eigenvalue weighted by molar-refractivity contribution is 7.71. The summed E-state index contributed by atoms with van der Waals surface area (Å²) >= 11 is 5.22. The zero-order valence-corrected chi connectivity index (χ0v) is 10.3. The van der Waals surface area contributed by atoms with Crippen LogP contribution in [-0.4, -0.2) is 24.5 Å². The monoisotopic (exact) mass is 237 g/mol. The molecule has 2 rings (SSSR count). The molecule has 0 aliphatic heterocycles.